The van der Waals surface area contributed by atoms with Gasteiger partial charge in [0, 0.05) is 13.2 Å². The van der Waals surface area contributed by atoms with E-state index in [4.69, 9.17) is 10.5 Å². The lowest BCUT2D eigenvalue weighted by Crippen LogP contribution is -2.54. The van der Waals surface area contributed by atoms with E-state index in [1.807, 2.05) is 0 Å². The molecule has 3 N–H and O–H groups in total. The number of hydrogen-bond acceptors (Lipinski definition) is 4. The van der Waals surface area contributed by atoms with Crippen LogP contribution in [0, 0.1) is 0 Å². The molecular formula is C12H14F3N3O2. The molecule has 1 aromatic rings. The molecule has 0 bridgehead atoms. The number of ether oxygens (including phenoxy) is 1. The minimum atomic E-state index is -4.50. The van der Waals surface area contributed by atoms with Crippen molar-refractivity contribution in [2.45, 2.75) is 24.6 Å². The number of pyridine rings is 1. The molecule has 0 radical (unpaired) electrons. The van der Waals surface area contributed by atoms with E-state index in [0.717, 1.165) is 18.3 Å². The van der Waals surface area contributed by atoms with E-state index in [1.54, 1.807) is 0 Å². The fraction of sp³-hybridized carbons (Fsp3) is 0.500. The normalized spacial score (nSPS) is 18.6. The predicted molar refractivity (Wildman–Crippen MR) is 64.8 cm³/mol. The van der Waals surface area contributed by atoms with Gasteiger partial charge >= 0.3 is 6.18 Å². The van der Waals surface area contributed by atoms with Crippen molar-refractivity contribution < 1.29 is 22.7 Å². The molecule has 1 aromatic heterocycles. The molecule has 0 saturated carbocycles. The van der Waals surface area contributed by atoms with E-state index in [1.165, 1.54) is 0 Å². The molecule has 1 aliphatic rings. The highest BCUT2D eigenvalue weighted by atomic mass is 19.4. The second kappa shape index (κ2) is 5.37. The molecule has 8 heteroatoms. The van der Waals surface area contributed by atoms with Crippen LogP contribution in [0.1, 0.15) is 18.5 Å². The number of rotatable bonds is 2. The third-order valence-corrected chi connectivity index (χ3v) is 3.15. The third-order valence-electron chi connectivity index (χ3n) is 3.15. The number of aromatic nitrogens is 1. The largest absolute Gasteiger partial charge is 0.433 e. The highest BCUT2D eigenvalue weighted by Crippen LogP contribution is 2.28. The monoisotopic (exact) mass is 289 g/mol. The number of nitrogens with one attached hydrogen (secondary N) is 1. The number of halogens is 3. The van der Waals surface area contributed by atoms with Crippen LogP contribution in [-0.2, 0) is 15.7 Å². The quantitative estimate of drug-likeness (QED) is 0.866. The van der Waals surface area contributed by atoms with Crippen molar-refractivity contribution in [1.82, 2.24) is 4.98 Å². The Morgan fingerprint density at radius 2 is 2.00 bits per heavy atom. The molecule has 1 fully saturated rings. The molecule has 0 aliphatic carbocycles. The lowest BCUT2D eigenvalue weighted by Gasteiger charge is -2.31. The highest BCUT2D eigenvalue weighted by Gasteiger charge is 2.36. The number of nitrogens with zero attached hydrogens (tertiary/aromatic N) is 1. The van der Waals surface area contributed by atoms with Crippen LogP contribution in [0.5, 0.6) is 0 Å². The summed E-state index contributed by atoms with van der Waals surface area (Å²) in [5.74, 6) is -0.442. The molecule has 5 nitrogen and oxygen atoms in total. The van der Waals surface area contributed by atoms with Crippen LogP contribution in [0.3, 0.4) is 0 Å². The van der Waals surface area contributed by atoms with Crippen LogP contribution in [0.4, 0.5) is 18.9 Å². The van der Waals surface area contributed by atoms with Crippen molar-refractivity contribution in [2.24, 2.45) is 5.73 Å². The molecule has 2 rings (SSSR count). The summed E-state index contributed by atoms with van der Waals surface area (Å²) < 4.78 is 42.2. The lowest BCUT2D eigenvalue weighted by atomic mass is 9.90. The molecule has 0 spiro atoms. The molecule has 0 unspecified atom stereocenters. The van der Waals surface area contributed by atoms with Gasteiger partial charge in [-0.1, -0.05) is 0 Å². The first-order chi connectivity index (χ1) is 9.31. The van der Waals surface area contributed by atoms with Gasteiger partial charge in [-0.15, -0.1) is 0 Å². The maximum atomic E-state index is 12.4. The first-order valence-electron chi connectivity index (χ1n) is 6.03. The number of anilines is 1. The molecule has 1 aliphatic heterocycles. The molecular weight excluding hydrogens is 275 g/mol. The molecule has 0 atom stereocenters. The Balaban J connectivity index is 2.04. The Morgan fingerprint density at radius 3 is 2.50 bits per heavy atom. The molecule has 20 heavy (non-hydrogen) atoms. The Hall–Kier alpha value is -1.67. The Labute approximate surface area is 113 Å². The van der Waals surface area contributed by atoms with Crippen LogP contribution in [0.2, 0.25) is 0 Å². The molecule has 1 saturated heterocycles. The van der Waals surface area contributed by atoms with Gasteiger partial charge in [-0.3, -0.25) is 4.79 Å². The van der Waals surface area contributed by atoms with Crippen molar-refractivity contribution in [3.8, 4) is 0 Å². The fourth-order valence-electron chi connectivity index (χ4n) is 1.85. The van der Waals surface area contributed by atoms with Crippen LogP contribution in [-0.4, -0.2) is 29.6 Å². The molecule has 2 heterocycles. The number of carbonyl (C=O) groups is 1. The molecule has 0 aromatic carbocycles. The standard InChI is InChI=1S/C12H14F3N3O2/c13-12(14,15)9-2-1-8(7-17-9)18-10(19)11(16)3-5-20-6-4-11/h1-2,7H,3-6,16H2,(H,18,19). The third kappa shape index (κ3) is 3.26. The summed E-state index contributed by atoms with van der Waals surface area (Å²) in [6.07, 6.45) is -2.80. The maximum Gasteiger partial charge on any atom is 0.433 e. The summed E-state index contributed by atoms with van der Waals surface area (Å²) in [5, 5.41) is 2.48. The van der Waals surface area contributed by atoms with Gasteiger partial charge in [0.1, 0.15) is 11.2 Å². The van der Waals surface area contributed by atoms with Crippen LogP contribution in [0.25, 0.3) is 0 Å². The van der Waals surface area contributed by atoms with E-state index in [2.05, 4.69) is 10.3 Å². The summed E-state index contributed by atoms with van der Waals surface area (Å²) in [5.41, 5.74) is 4.07. The van der Waals surface area contributed by atoms with Crippen molar-refractivity contribution in [3.63, 3.8) is 0 Å². The van der Waals surface area contributed by atoms with Crippen molar-refractivity contribution in [2.75, 3.05) is 18.5 Å². The van der Waals surface area contributed by atoms with E-state index in [9.17, 15) is 18.0 Å². The lowest BCUT2D eigenvalue weighted by molar-refractivity contribution is -0.141. The van der Waals surface area contributed by atoms with E-state index < -0.39 is 23.3 Å². The maximum absolute atomic E-state index is 12.4. The zero-order chi connectivity index (χ0) is 14.8. The summed E-state index contributed by atoms with van der Waals surface area (Å²) in [7, 11) is 0. The van der Waals surface area contributed by atoms with Gasteiger partial charge in [0.25, 0.3) is 0 Å². The van der Waals surface area contributed by atoms with Crippen molar-refractivity contribution >= 4 is 11.6 Å². The van der Waals surface area contributed by atoms with Crippen LogP contribution < -0.4 is 11.1 Å². The Bertz CT molecular complexity index is 482. The van der Waals surface area contributed by atoms with Gasteiger partial charge in [-0.05, 0) is 25.0 Å². The van der Waals surface area contributed by atoms with E-state index in [-0.39, 0.29) is 5.69 Å². The fourth-order valence-corrected chi connectivity index (χ4v) is 1.85. The second-order valence-electron chi connectivity index (χ2n) is 4.65. The molecule has 1 amide bonds. The SMILES string of the molecule is NC1(C(=O)Nc2ccc(C(F)(F)F)nc2)CCOCC1. The summed E-state index contributed by atoms with van der Waals surface area (Å²) in [4.78, 5) is 15.3. The van der Waals surface area contributed by atoms with Crippen molar-refractivity contribution in [1.29, 1.82) is 0 Å². The first kappa shape index (κ1) is 14.7. The first-order valence-corrected chi connectivity index (χ1v) is 6.03. The minimum Gasteiger partial charge on any atom is -0.381 e. The highest BCUT2D eigenvalue weighted by molar-refractivity contribution is 5.97. The van der Waals surface area contributed by atoms with Gasteiger partial charge in [0.2, 0.25) is 5.91 Å². The molecule has 110 valence electrons. The van der Waals surface area contributed by atoms with Gasteiger partial charge in [-0.25, -0.2) is 4.98 Å². The second-order valence-corrected chi connectivity index (χ2v) is 4.65. The number of carbonyl (C=O) groups excluding carboxylic acids is 1. The van der Waals surface area contributed by atoms with E-state index in [0.29, 0.717) is 26.1 Å². The number of hydrogen-bond donors (Lipinski definition) is 2. The Morgan fingerprint density at radius 1 is 1.35 bits per heavy atom. The van der Waals surface area contributed by atoms with Crippen molar-refractivity contribution in [3.05, 3.63) is 24.0 Å². The number of amides is 1. The summed E-state index contributed by atoms with van der Waals surface area (Å²) in [6.45, 7) is 0.768. The minimum absolute atomic E-state index is 0.180. The predicted octanol–water partition coefficient (Wildman–Crippen LogP) is 1.55. The Kier molecular flexibility index (Phi) is 3.96. The summed E-state index contributed by atoms with van der Waals surface area (Å²) >= 11 is 0. The number of nitrogens with two attached hydrogens (primary N) is 1. The smallest absolute Gasteiger partial charge is 0.381 e. The van der Waals surface area contributed by atoms with Gasteiger partial charge in [-0.2, -0.15) is 13.2 Å². The van der Waals surface area contributed by atoms with E-state index >= 15 is 0 Å². The van der Waals surface area contributed by atoms with Crippen LogP contribution >= 0.6 is 0 Å². The van der Waals surface area contributed by atoms with Gasteiger partial charge in [0.05, 0.1) is 11.9 Å². The average molecular weight is 289 g/mol. The van der Waals surface area contributed by atoms with Gasteiger partial charge < -0.3 is 15.8 Å². The van der Waals surface area contributed by atoms with Crippen LogP contribution in [0.15, 0.2) is 18.3 Å². The zero-order valence-electron chi connectivity index (χ0n) is 10.5. The summed E-state index contributed by atoms with van der Waals surface area (Å²) in [6, 6.07) is 1.96. The zero-order valence-corrected chi connectivity index (χ0v) is 10.5. The van der Waals surface area contributed by atoms with Gasteiger partial charge in [0.15, 0.2) is 0 Å². The number of alkyl halides is 3. The average Bonchev–Trinajstić information content (AvgIpc) is 2.39. The topological polar surface area (TPSA) is 77.2 Å².